The molecular weight excluding hydrogens is 269 g/mol. The third-order valence-corrected chi connectivity index (χ3v) is 2.71. The fraction of sp³-hybridized carbons (Fsp3) is 0.154. The quantitative estimate of drug-likeness (QED) is 0.868. The minimum absolute atomic E-state index is 0.0811. The maximum absolute atomic E-state index is 13.7. The van der Waals surface area contributed by atoms with Crippen LogP contribution in [0, 0.1) is 5.82 Å². The number of nitrogens with zero attached hydrogens (tertiary/aromatic N) is 3. The second-order valence-electron chi connectivity index (χ2n) is 3.73. The van der Waals surface area contributed by atoms with Gasteiger partial charge in [0.05, 0.1) is 18.1 Å². The number of carbonyl (C=O) groups excluding carboxylic acids is 1. The number of aromatic nitrogens is 2. The first-order valence-electron chi connectivity index (χ1n) is 5.67. The van der Waals surface area contributed by atoms with Crippen molar-refractivity contribution in [2.24, 2.45) is 0 Å². The van der Waals surface area contributed by atoms with E-state index < -0.39 is 11.7 Å². The average Bonchev–Trinajstić information content (AvgIpc) is 2.41. The van der Waals surface area contributed by atoms with Gasteiger partial charge in [0.2, 0.25) is 0 Å². The van der Waals surface area contributed by atoms with Crippen LogP contribution in [0.15, 0.2) is 36.7 Å². The Kier molecular flexibility index (Phi) is 4.06. The van der Waals surface area contributed by atoms with Crippen LogP contribution in [0.4, 0.5) is 10.1 Å². The van der Waals surface area contributed by atoms with Gasteiger partial charge in [-0.25, -0.2) is 9.37 Å². The highest BCUT2D eigenvalue weighted by Gasteiger charge is 2.20. The van der Waals surface area contributed by atoms with Gasteiger partial charge in [-0.05, 0) is 19.1 Å². The highest BCUT2D eigenvalue weighted by Crippen LogP contribution is 2.20. The molecule has 0 unspecified atom stereocenters. The van der Waals surface area contributed by atoms with Crippen molar-refractivity contribution in [2.75, 3.05) is 11.4 Å². The molecular formula is C13H11ClFN3O. The number of carbonyl (C=O) groups is 1. The molecule has 6 heteroatoms. The fourth-order valence-electron chi connectivity index (χ4n) is 1.68. The van der Waals surface area contributed by atoms with Gasteiger partial charge in [-0.1, -0.05) is 23.7 Å². The molecule has 0 atom stereocenters. The lowest BCUT2D eigenvalue weighted by atomic mass is 10.2. The summed E-state index contributed by atoms with van der Waals surface area (Å²) in [5, 5.41) is 0.121. The van der Waals surface area contributed by atoms with Crippen molar-refractivity contribution in [3.05, 3.63) is 53.3 Å². The summed E-state index contributed by atoms with van der Waals surface area (Å²) >= 11 is 5.70. The minimum Gasteiger partial charge on any atom is -0.304 e. The van der Waals surface area contributed by atoms with E-state index in [0.29, 0.717) is 6.54 Å². The molecule has 0 fully saturated rings. The largest absolute Gasteiger partial charge is 0.304 e. The van der Waals surface area contributed by atoms with Crippen LogP contribution in [0.2, 0.25) is 5.15 Å². The molecule has 19 heavy (non-hydrogen) atoms. The van der Waals surface area contributed by atoms with Gasteiger partial charge in [-0.15, -0.1) is 0 Å². The Hall–Kier alpha value is -2.01. The Morgan fingerprint density at radius 1 is 1.37 bits per heavy atom. The van der Waals surface area contributed by atoms with Crippen molar-refractivity contribution in [3.63, 3.8) is 0 Å². The molecule has 2 rings (SSSR count). The molecule has 0 saturated carbocycles. The molecule has 1 aromatic carbocycles. The van der Waals surface area contributed by atoms with Gasteiger partial charge in [-0.2, -0.15) is 0 Å². The summed E-state index contributed by atoms with van der Waals surface area (Å²) in [6, 6.07) is 6.07. The Morgan fingerprint density at radius 2 is 2.11 bits per heavy atom. The van der Waals surface area contributed by atoms with E-state index in [1.165, 1.54) is 29.4 Å². The average molecular weight is 280 g/mol. The summed E-state index contributed by atoms with van der Waals surface area (Å²) in [6.07, 6.45) is 2.63. The summed E-state index contributed by atoms with van der Waals surface area (Å²) in [4.78, 5) is 21.3. The molecule has 0 aliphatic rings. The highest BCUT2D eigenvalue weighted by molar-refractivity contribution is 6.29. The summed E-state index contributed by atoms with van der Waals surface area (Å²) in [6.45, 7) is 2.07. The van der Waals surface area contributed by atoms with Gasteiger partial charge in [0.25, 0.3) is 5.91 Å². The molecule has 1 aromatic heterocycles. The van der Waals surface area contributed by atoms with Crippen LogP contribution in [0.25, 0.3) is 0 Å². The van der Waals surface area contributed by atoms with Gasteiger partial charge in [-0.3, -0.25) is 9.78 Å². The molecule has 0 saturated heterocycles. The molecule has 2 aromatic rings. The van der Waals surface area contributed by atoms with E-state index >= 15 is 0 Å². The van der Waals surface area contributed by atoms with E-state index in [1.807, 2.05) is 0 Å². The van der Waals surface area contributed by atoms with Crippen LogP contribution < -0.4 is 4.90 Å². The lowest BCUT2D eigenvalue weighted by molar-refractivity contribution is 0.0982. The molecule has 1 amide bonds. The van der Waals surface area contributed by atoms with Crippen LogP contribution in [-0.4, -0.2) is 22.4 Å². The van der Waals surface area contributed by atoms with Gasteiger partial charge in [0.1, 0.15) is 16.7 Å². The first kappa shape index (κ1) is 13.4. The Bertz CT molecular complexity index is 606. The topological polar surface area (TPSA) is 46.1 Å². The van der Waals surface area contributed by atoms with Crippen LogP contribution in [0.5, 0.6) is 0 Å². The Balaban J connectivity index is 2.38. The Labute approximate surface area is 114 Å². The van der Waals surface area contributed by atoms with Gasteiger partial charge in [0.15, 0.2) is 0 Å². The number of rotatable bonds is 3. The van der Waals surface area contributed by atoms with E-state index in [1.54, 1.807) is 19.1 Å². The monoisotopic (exact) mass is 279 g/mol. The fourth-order valence-corrected chi connectivity index (χ4v) is 1.82. The zero-order valence-corrected chi connectivity index (χ0v) is 10.9. The lowest BCUT2D eigenvalue weighted by Crippen LogP contribution is -2.32. The number of benzene rings is 1. The van der Waals surface area contributed by atoms with Crippen molar-refractivity contribution in [1.82, 2.24) is 9.97 Å². The Morgan fingerprint density at radius 3 is 2.74 bits per heavy atom. The van der Waals surface area contributed by atoms with Gasteiger partial charge < -0.3 is 4.90 Å². The van der Waals surface area contributed by atoms with Crippen molar-refractivity contribution in [1.29, 1.82) is 0 Å². The number of hydrogen-bond acceptors (Lipinski definition) is 3. The summed E-state index contributed by atoms with van der Waals surface area (Å²) in [7, 11) is 0. The second kappa shape index (κ2) is 5.75. The number of para-hydroxylation sites is 1. The molecule has 1 heterocycles. The molecule has 0 spiro atoms. The van der Waals surface area contributed by atoms with E-state index in [4.69, 9.17) is 11.6 Å². The van der Waals surface area contributed by atoms with Crippen LogP contribution in [0.3, 0.4) is 0 Å². The standard InChI is InChI=1S/C13H11ClFN3O/c1-2-18(11-6-4-3-5-9(11)15)13(19)10-7-16-8-12(14)17-10/h3-8H,2H2,1H3. The van der Waals surface area contributed by atoms with E-state index in [0.717, 1.165) is 0 Å². The molecule has 0 N–H and O–H groups in total. The smallest absolute Gasteiger partial charge is 0.278 e. The molecule has 0 aliphatic carbocycles. The van der Waals surface area contributed by atoms with Crippen molar-refractivity contribution in [3.8, 4) is 0 Å². The molecule has 98 valence electrons. The molecule has 0 bridgehead atoms. The predicted molar refractivity (Wildman–Crippen MR) is 70.8 cm³/mol. The van der Waals surface area contributed by atoms with Crippen LogP contribution >= 0.6 is 11.6 Å². The summed E-state index contributed by atoms with van der Waals surface area (Å²) in [5.74, 6) is -0.907. The van der Waals surface area contributed by atoms with Crippen LogP contribution in [0.1, 0.15) is 17.4 Å². The van der Waals surface area contributed by atoms with Crippen molar-refractivity contribution < 1.29 is 9.18 Å². The molecule has 0 aliphatic heterocycles. The van der Waals surface area contributed by atoms with Crippen LogP contribution in [-0.2, 0) is 0 Å². The lowest BCUT2D eigenvalue weighted by Gasteiger charge is -2.20. The number of halogens is 2. The first-order chi connectivity index (χ1) is 9.13. The van der Waals surface area contributed by atoms with E-state index in [9.17, 15) is 9.18 Å². The minimum atomic E-state index is -0.465. The predicted octanol–water partition coefficient (Wildman–Crippen LogP) is 2.94. The van der Waals surface area contributed by atoms with Crippen molar-refractivity contribution in [2.45, 2.75) is 6.92 Å². The maximum Gasteiger partial charge on any atom is 0.278 e. The molecule has 4 nitrogen and oxygen atoms in total. The summed E-state index contributed by atoms with van der Waals surface area (Å²) < 4.78 is 13.7. The highest BCUT2D eigenvalue weighted by atomic mass is 35.5. The maximum atomic E-state index is 13.7. The third-order valence-electron chi connectivity index (χ3n) is 2.53. The number of anilines is 1. The molecule has 0 radical (unpaired) electrons. The normalized spacial score (nSPS) is 10.3. The SMILES string of the molecule is CCN(C(=O)c1cncc(Cl)n1)c1ccccc1F. The second-order valence-corrected chi connectivity index (χ2v) is 4.12. The van der Waals surface area contributed by atoms with E-state index in [-0.39, 0.29) is 16.5 Å². The zero-order chi connectivity index (χ0) is 13.8. The van der Waals surface area contributed by atoms with E-state index in [2.05, 4.69) is 9.97 Å². The number of hydrogen-bond donors (Lipinski definition) is 0. The zero-order valence-electron chi connectivity index (χ0n) is 10.2. The third kappa shape index (κ3) is 2.88. The summed E-state index contributed by atoms with van der Waals surface area (Å²) in [5.41, 5.74) is 0.286. The van der Waals surface area contributed by atoms with Gasteiger partial charge >= 0.3 is 0 Å². The number of amides is 1. The van der Waals surface area contributed by atoms with Crippen molar-refractivity contribution >= 4 is 23.2 Å². The first-order valence-corrected chi connectivity index (χ1v) is 6.05. The van der Waals surface area contributed by atoms with Gasteiger partial charge in [0, 0.05) is 6.54 Å².